The molecular formula is C90H173NO5. The van der Waals surface area contributed by atoms with Crippen LogP contribution in [0.1, 0.15) is 502 Å². The van der Waals surface area contributed by atoms with E-state index >= 15 is 0 Å². The maximum atomic E-state index is 12.6. The predicted molar refractivity (Wildman–Crippen MR) is 426 cm³/mol. The lowest BCUT2D eigenvalue weighted by Crippen LogP contribution is -2.45. The van der Waals surface area contributed by atoms with E-state index in [2.05, 4.69) is 55.6 Å². The molecule has 0 aromatic heterocycles. The van der Waals surface area contributed by atoms with Crippen molar-refractivity contribution in [2.45, 2.75) is 514 Å². The van der Waals surface area contributed by atoms with Gasteiger partial charge in [0.2, 0.25) is 5.91 Å². The molecule has 0 aromatic carbocycles. The zero-order valence-corrected chi connectivity index (χ0v) is 65.4. The number of unbranched alkanes of at least 4 members (excludes halogenated alkanes) is 67. The van der Waals surface area contributed by atoms with Crippen LogP contribution in [0.4, 0.5) is 0 Å². The molecule has 0 rings (SSSR count). The Kier molecular flexibility index (Phi) is 83.8. The monoisotopic (exact) mass is 1350 g/mol. The Morgan fingerprint density at radius 2 is 0.521 bits per heavy atom. The smallest absolute Gasteiger partial charge is 0.305 e. The van der Waals surface area contributed by atoms with Crippen molar-refractivity contribution in [3.63, 3.8) is 0 Å². The zero-order valence-electron chi connectivity index (χ0n) is 65.4. The van der Waals surface area contributed by atoms with Crippen LogP contribution in [-0.2, 0) is 14.3 Å². The molecule has 3 N–H and O–H groups in total. The second-order valence-electron chi connectivity index (χ2n) is 30.6. The van der Waals surface area contributed by atoms with Gasteiger partial charge >= 0.3 is 5.97 Å². The number of allylic oxidation sites excluding steroid dienone is 6. The number of carbonyl (C=O) groups excluding carboxylic acids is 2. The molecule has 568 valence electrons. The van der Waals surface area contributed by atoms with Gasteiger partial charge < -0.3 is 20.3 Å². The summed E-state index contributed by atoms with van der Waals surface area (Å²) in [6, 6.07) is -0.542. The molecule has 96 heavy (non-hydrogen) atoms. The van der Waals surface area contributed by atoms with E-state index in [0.29, 0.717) is 25.9 Å². The largest absolute Gasteiger partial charge is 0.466 e. The van der Waals surface area contributed by atoms with E-state index in [0.717, 1.165) is 44.9 Å². The summed E-state index contributed by atoms with van der Waals surface area (Å²) >= 11 is 0. The number of aliphatic hydroxyl groups excluding tert-OH is 2. The van der Waals surface area contributed by atoms with E-state index in [1.807, 2.05) is 0 Å². The van der Waals surface area contributed by atoms with E-state index in [1.54, 1.807) is 0 Å². The van der Waals surface area contributed by atoms with Crippen LogP contribution < -0.4 is 5.32 Å². The molecule has 0 bridgehead atoms. The molecule has 0 spiro atoms. The summed E-state index contributed by atoms with van der Waals surface area (Å²) in [6.07, 6.45) is 113. The molecule has 2 atom stereocenters. The number of hydrogen-bond acceptors (Lipinski definition) is 5. The van der Waals surface area contributed by atoms with Crippen LogP contribution in [0, 0.1) is 0 Å². The van der Waals surface area contributed by atoms with E-state index in [1.165, 1.54) is 424 Å². The molecule has 1 amide bonds. The van der Waals surface area contributed by atoms with Gasteiger partial charge in [-0.15, -0.1) is 0 Å². The average molecular weight is 1350 g/mol. The molecule has 6 heteroatoms. The molecule has 0 saturated carbocycles. The highest BCUT2D eigenvalue weighted by molar-refractivity contribution is 5.76. The minimum absolute atomic E-state index is 0.0175. The van der Waals surface area contributed by atoms with E-state index in [-0.39, 0.29) is 18.5 Å². The highest BCUT2D eigenvalue weighted by atomic mass is 16.5. The summed E-state index contributed by atoms with van der Waals surface area (Å²) in [7, 11) is 0. The van der Waals surface area contributed by atoms with Crippen LogP contribution in [-0.4, -0.2) is 47.4 Å². The van der Waals surface area contributed by atoms with Gasteiger partial charge in [-0.05, 0) is 83.5 Å². The van der Waals surface area contributed by atoms with Gasteiger partial charge in [-0.25, -0.2) is 0 Å². The molecule has 0 aliphatic heterocycles. The first-order valence-electron chi connectivity index (χ1n) is 44.2. The van der Waals surface area contributed by atoms with E-state index in [4.69, 9.17) is 4.74 Å². The summed E-state index contributed by atoms with van der Waals surface area (Å²) in [5.74, 6) is -0.00894. The Morgan fingerprint density at radius 3 is 0.802 bits per heavy atom. The fraction of sp³-hybridized carbons (Fsp3) is 0.911. The molecule has 0 aliphatic carbocycles. The van der Waals surface area contributed by atoms with Crippen molar-refractivity contribution in [3.05, 3.63) is 36.5 Å². The number of carbonyl (C=O) groups is 2. The lowest BCUT2D eigenvalue weighted by Gasteiger charge is -2.22. The number of amides is 1. The van der Waals surface area contributed by atoms with Gasteiger partial charge in [0.1, 0.15) is 0 Å². The molecule has 6 nitrogen and oxygen atoms in total. The molecule has 0 aromatic rings. The molecule has 0 heterocycles. The van der Waals surface area contributed by atoms with Crippen LogP contribution in [0.3, 0.4) is 0 Å². The maximum Gasteiger partial charge on any atom is 0.305 e. The number of nitrogens with one attached hydrogen (secondary N) is 1. The van der Waals surface area contributed by atoms with E-state index in [9.17, 15) is 19.8 Å². The number of hydrogen-bond donors (Lipinski definition) is 3. The number of aliphatic hydroxyl groups is 2. The minimum Gasteiger partial charge on any atom is -0.466 e. The third-order valence-corrected chi connectivity index (χ3v) is 20.9. The van der Waals surface area contributed by atoms with Crippen molar-refractivity contribution in [2.24, 2.45) is 0 Å². The van der Waals surface area contributed by atoms with Crippen molar-refractivity contribution in [1.82, 2.24) is 5.32 Å². The van der Waals surface area contributed by atoms with Crippen molar-refractivity contribution in [3.8, 4) is 0 Å². The Morgan fingerprint density at radius 1 is 0.292 bits per heavy atom. The summed E-state index contributed by atoms with van der Waals surface area (Å²) in [6.45, 7) is 5.01. The van der Waals surface area contributed by atoms with Gasteiger partial charge in [-0.1, -0.05) is 442 Å². The first-order valence-corrected chi connectivity index (χ1v) is 44.2. The number of esters is 1. The van der Waals surface area contributed by atoms with Crippen molar-refractivity contribution >= 4 is 11.9 Å². The fourth-order valence-electron chi connectivity index (χ4n) is 14.2. The third-order valence-electron chi connectivity index (χ3n) is 20.9. The highest BCUT2D eigenvalue weighted by Gasteiger charge is 2.20. The van der Waals surface area contributed by atoms with Gasteiger partial charge in [0.25, 0.3) is 0 Å². The Labute approximate surface area is 602 Å². The second kappa shape index (κ2) is 85.5. The maximum absolute atomic E-state index is 12.6. The van der Waals surface area contributed by atoms with Crippen LogP contribution >= 0.6 is 0 Å². The van der Waals surface area contributed by atoms with Crippen molar-refractivity contribution in [1.29, 1.82) is 0 Å². The van der Waals surface area contributed by atoms with Gasteiger partial charge in [-0.2, -0.15) is 0 Å². The lowest BCUT2D eigenvalue weighted by atomic mass is 10.0. The van der Waals surface area contributed by atoms with Crippen LogP contribution in [0.5, 0.6) is 0 Å². The van der Waals surface area contributed by atoms with Gasteiger partial charge in [0.15, 0.2) is 0 Å². The van der Waals surface area contributed by atoms with Crippen LogP contribution in [0.25, 0.3) is 0 Å². The molecule has 2 unspecified atom stereocenters. The third kappa shape index (κ3) is 81.0. The summed E-state index contributed by atoms with van der Waals surface area (Å²) in [5, 5.41) is 23.5. The van der Waals surface area contributed by atoms with Crippen LogP contribution in [0.15, 0.2) is 36.5 Å². The lowest BCUT2D eigenvalue weighted by molar-refractivity contribution is -0.143. The highest BCUT2D eigenvalue weighted by Crippen LogP contribution is 2.21. The van der Waals surface area contributed by atoms with Crippen molar-refractivity contribution < 1.29 is 24.5 Å². The predicted octanol–water partition coefficient (Wildman–Crippen LogP) is 29.7. The fourth-order valence-corrected chi connectivity index (χ4v) is 14.2. The van der Waals surface area contributed by atoms with Gasteiger partial charge in [0.05, 0.1) is 25.4 Å². The summed E-state index contributed by atoms with van der Waals surface area (Å²) < 4.78 is 5.52. The normalized spacial score (nSPS) is 12.6. The number of ether oxygens (including phenoxy) is 1. The van der Waals surface area contributed by atoms with E-state index < -0.39 is 12.1 Å². The number of rotatable bonds is 84. The molecular weight excluding hydrogens is 1170 g/mol. The standard InChI is InChI=1S/C90H173NO5/c1-3-5-7-9-11-13-15-17-19-21-23-24-25-37-40-43-47-50-54-58-62-66-70-74-78-82-88(93)87(86-92)91-89(94)83-79-75-71-67-63-59-55-51-48-44-41-38-35-33-31-29-27-26-28-30-32-34-36-39-42-45-49-53-57-61-65-69-73-77-81-85-96-90(95)84-80-76-72-68-64-60-56-52-46-22-20-18-16-14-12-10-8-6-4-2/h18,20,28,30,34,36,87-88,92-93H,3-17,19,21-27,29,31-33,35,37-86H2,1-2H3,(H,91,94)/b20-18-,30-28-,36-34-. The Hall–Kier alpha value is -1.92. The van der Waals surface area contributed by atoms with Crippen molar-refractivity contribution in [2.75, 3.05) is 13.2 Å². The first kappa shape index (κ1) is 94.1. The Balaban J connectivity index is 3.36. The topological polar surface area (TPSA) is 95.9 Å². The quantitative estimate of drug-likeness (QED) is 0.0320. The summed E-state index contributed by atoms with van der Waals surface area (Å²) in [5.41, 5.74) is 0. The molecule has 0 fully saturated rings. The van der Waals surface area contributed by atoms with Crippen LogP contribution in [0.2, 0.25) is 0 Å². The zero-order chi connectivity index (χ0) is 69.1. The molecule has 0 radical (unpaired) electrons. The average Bonchev–Trinajstić information content (AvgIpc) is 3.16. The Bertz CT molecular complexity index is 1560. The molecule has 0 saturated heterocycles. The second-order valence-corrected chi connectivity index (χ2v) is 30.6. The van der Waals surface area contributed by atoms with Gasteiger partial charge in [-0.3, -0.25) is 9.59 Å². The SMILES string of the molecule is CCCCCCCC/C=C\CCCCCCCCCCCC(=O)OCCCCCCCCCCCCC/C=C\C/C=C\CCCCCCCCCCCCCCCCCCCC(=O)NC(CO)C(O)CCCCCCCCCCCCCCCCCCCCCCCCCCC. The first-order chi connectivity index (χ1) is 47.5. The summed E-state index contributed by atoms with van der Waals surface area (Å²) in [4.78, 5) is 24.7. The van der Waals surface area contributed by atoms with Gasteiger partial charge in [0, 0.05) is 12.8 Å². The minimum atomic E-state index is -0.665. The molecule has 0 aliphatic rings.